The molecule has 1 saturated heterocycles. The average Bonchev–Trinajstić information content (AvgIpc) is 2.38. The summed E-state index contributed by atoms with van der Waals surface area (Å²) >= 11 is 0. The summed E-state index contributed by atoms with van der Waals surface area (Å²) < 4.78 is 27.1. The van der Waals surface area contributed by atoms with Gasteiger partial charge in [0.05, 0.1) is 12.3 Å². The minimum absolute atomic E-state index is 0.173. The Morgan fingerprint density at radius 1 is 1.39 bits per heavy atom. The monoisotopic (exact) mass is 280 g/mol. The lowest BCUT2D eigenvalue weighted by Crippen LogP contribution is -2.65. The standard InChI is InChI=1S/C11H21NO5S/c1-8-6-9(17-18(5,15)16)7-12(8,10(13)14)11(2,3)4/h8-9H,6-7H2,1-5H3/p+1/t8-,9-,12?/m0/s1. The van der Waals surface area contributed by atoms with E-state index in [1.165, 1.54) is 0 Å². The van der Waals surface area contributed by atoms with E-state index in [2.05, 4.69) is 0 Å². The highest BCUT2D eigenvalue weighted by Gasteiger charge is 2.58. The van der Waals surface area contributed by atoms with Gasteiger partial charge in [0.2, 0.25) is 0 Å². The number of carbonyl (C=O) groups is 1. The summed E-state index contributed by atoms with van der Waals surface area (Å²) in [6.45, 7) is 7.54. The molecule has 1 aliphatic heterocycles. The molecule has 1 N–H and O–H groups in total. The molecule has 1 aliphatic rings. The summed E-state index contributed by atoms with van der Waals surface area (Å²) in [6, 6.07) is -0.186. The molecule has 1 heterocycles. The Bertz CT molecular complexity index is 439. The van der Waals surface area contributed by atoms with Gasteiger partial charge >= 0.3 is 6.09 Å². The lowest BCUT2D eigenvalue weighted by Gasteiger charge is -2.43. The van der Waals surface area contributed by atoms with Gasteiger partial charge in [-0.3, -0.25) is 4.18 Å². The fourth-order valence-electron chi connectivity index (χ4n) is 2.94. The molecule has 6 nitrogen and oxygen atoms in total. The minimum Gasteiger partial charge on any atom is -0.435 e. The van der Waals surface area contributed by atoms with Crippen LogP contribution in [-0.4, -0.2) is 54.6 Å². The molecule has 0 aromatic rings. The van der Waals surface area contributed by atoms with Crippen LogP contribution in [0.1, 0.15) is 34.1 Å². The zero-order valence-corrected chi connectivity index (χ0v) is 12.3. The van der Waals surface area contributed by atoms with Gasteiger partial charge in [-0.2, -0.15) is 13.2 Å². The topological polar surface area (TPSA) is 80.7 Å². The average molecular weight is 280 g/mol. The van der Waals surface area contributed by atoms with Crippen LogP contribution in [0.15, 0.2) is 0 Å². The number of hydrogen-bond donors (Lipinski definition) is 1. The summed E-state index contributed by atoms with van der Waals surface area (Å²) in [5.41, 5.74) is -0.513. The largest absolute Gasteiger partial charge is 0.514 e. The molecule has 1 unspecified atom stereocenters. The Kier molecular flexibility index (Phi) is 3.82. The quantitative estimate of drug-likeness (QED) is 0.611. The van der Waals surface area contributed by atoms with Crippen molar-refractivity contribution in [3.63, 3.8) is 0 Å². The van der Waals surface area contributed by atoms with Gasteiger partial charge in [-0.15, -0.1) is 0 Å². The van der Waals surface area contributed by atoms with Crippen LogP contribution in [-0.2, 0) is 14.3 Å². The van der Waals surface area contributed by atoms with Crippen molar-refractivity contribution in [1.82, 2.24) is 0 Å². The van der Waals surface area contributed by atoms with Crippen LogP contribution in [0.3, 0.4) is 0 Å². The predicted molar refractivity (Wildman–Crippen MR) is 66.7 cm³/mol. The van der Waals surface area contributed by atoms with Crippen LogP contribution in [0.2, 0.25) is 0 Å². The molecular weight excluding hydrogens is 258 g/mol. The van der Waals surface area contributed by atoms with Gasteiger partial charge in [0, 0.05) is 6.42 Å². The maximum Gasteiger partial charge on any atom is 0.514 e. The fourth-order valence-corrected chi connectivity index (χ4v) is 3.58. The van der Waals surface area contributed by atoms with Crippen molar-refractivity contribution in [3.8, 4) is 0 Å². The Labute approximate surface area is 108 Å². The van der Waals surface area contributed by atoms with Gasteiger partial charge in [0.1, 0.15) is 18.2 Å². The Balaban J connectivity index is 3.07. The van der Waals surface area contributed by atoms with Crippen molar-refractivity contribution in [2.24, 2.45) is 0 Å². The molecule has 1 fully saturated rings. The first-order chi connectivity index (χ1) is 7.90. The Morgan fingerprint density at radius 3 is 2.17 bits per heavy atom. The van der Waals surface area contributed by atoms with Crippen LogP contribution in [0.25, 0.3) is 0 Å². The van der Waals surface area contributed by atoms with Crippen molar-refractivity contribution >= 4 is 16.2 Å². The highest BCUT2D eigenvalue weighted by Crippen LogP contribution is 2.38. The van der Waals surface area contributed by atoms with E-state index >= 15 is 0 Å². The zero-order valence-electron chi connectivity index (χ0n) is 11.5. The van der Waals surface area contributed by atoms with Gasteiger partial charge < -0.3 is 5.11 Å². The number of hydrogen-bond acceptors (Lipinski definition) is 4. The van der Waals surface area contributed by atoms with Crippen molar-refractivity contribution in [2.45, 2.75) is 51.8 Å². The van der Waals surface area contributed by atoms with E-state index < -0.39 is 27.9 Å². The van der Waals surface area contributed by atoms with Crippen molar-refractivity contribution < 1.29 is 27.0 Å². The molecule has 0 radical (unpaired) electrons. The highest BCUT2D eigenvalue weighted by atomic mass is 32.2. The number of nitrogens with zero attached hydrogens (tertiary/aromatic N) is 1. The van der Waals surface area contributed by atoms with Gasteiger partial charge in [-0.25, -0.2) is 4.48 Å². The van der Waals surface area contributed by atoms with E-state index in [1.54, 1.807) is 0 Å². The van der Waals surface area contributed by atoms with E-state index in [9.17, 15) is 18.3 Å². The summed E-state index contributed by atoms with van der Waals surface area (Å²) in [7, 11) is -3.56. The molecule has 1 amide bonds. The van der Waals surface area contributed by atoms with E-state index in [0.717, 1.165) is 6.26 Å². The third-order valence-corrected chi connectivity index (χ3v) is 4.32. The Morgan fingerprint density at radius 2 is 1.89 bits per heavy atom. The molecule has 1 rings (SSSR count). The summed E-state index contributed by atoms with van der Waals surface area (Å²) in [6.07, 6.45) is -0.0842. The van der Waals surface area contributed by atoms with Crippen molar-refractivity contribution in [1.29, 1.82) is 0 Å². The fraction of sp³-hybridized carbons (Fsp3) is 0.909. The molecule has 7 heteroatoms. The van der Waals surface area contributed by atoms with E-state index in [1.807, 2.05) is 27.7 Å². The van der Waals surface area contributed by atoms with Gasteiger partial charge in [-0.1, -0.05) is 0 Å². The summed E-state index contributed by atoms with van der Waals surface area (Å²) in [4.78, 5) is 11.7. The zero-order chi connectivity index (χ0) is 14.4. The molecule has 0 aliphatic carbocycles. The van der Waals surface area contributed by atoms with E-state index in [-0.39, 0.29) is 17.1 Å². The first-order valence-corrected chi connectivity index (χ1v) is 7.71. The molecule has 18 heavy (non-hydrogen) atoms. The normalized spacial score (nSPS) is 33.6. The molecule has 0 aromatic carbocycles. The minimum atomic E-state index is -3.56. The number of likely N-dealkylation sites (tertiary alicyclic amines) is 1. The SMILES string of the molecule is C[C@H]1C[C@H](OS(C)(=O)=O)C[N+]1(C(=O)O)C(C)(C)C. The maximum absolute atomic E-state index is 11.7. The van der Waals surface area contributed by atoms with Crippen molar-refractivity contribution in [2.75, 3.05) is 12.8 Å². The first-order valence-electron chi connectivity index (χ1n) is 5.90. The van der Waals surface area contributed by atoms with Crippen LogP contribution in [0.4, 0.5) is 4.79 Å². The summed E-state index contributed by atoms with van der Waals surface area (Å²) in [5, 5.41) is 9.55. The van der Waals surface area contributed by atoms with Gasteiger partial charge in [-0.05, 0) is 27.7 Å². The Hall–Kier alpha value is -0.660. The van der Waals surface area contributed by atoms with E-state index in [4.69, 9.17) is 4.18 Å². The summed E-state index contributed by atoms with van der Waals surface area (Å²) in [5.74, 6) is 0. The number of amides is 1. The number of rotatable bonds is 2. The van der Waals surface area contributed by atoms with Crippen molar-refractivity contribution in [3.05, 3.63) is 0 Å². The first kappa shape index (κ1) is 15.4. The second-order valence-corrected chi connectivity index (χ2v) is 7.61. The van der Waals surface area contributed by atoms with Gasteiger partial charge in [0.15, 0.2) is 0 Å². The lowest BCUT2D eigenvalue weighted by molar-refractivity contribution is -0.913. The molecule has 0 saturated carbocycles. The predicted octanol–water partition coefficient (Wildman–Crippen LogP) is 1.42. The molecule has 0 spiro atoms. The van der Waals surface area contributed by atoms with E-state index in [0.29, 0.717) is 6.42 Å². The highest BCUT2D eigenvalue weighted by molar-refractivity contribution is 7.86. The second kappa shape index (κ2) is 4.47. The van der Waals surface area contributed by atoms with Gasteiger partial charge in [0.25, 0.3) is 10.1 Å². The molecule has 0 aromatic heterocycles. The van der Waals surface area contributed by atoms with Crippen LogP contribution < -0.4 is 0 Å². The second-order valence-electron chi connectivity index (χ2n) is 6.01. The molecular formula is C11H22NO5S+. The molecule has 0 bridgehead atoms. The number of carboxylic acid groups (broad SMARTS) is 1. The smallest absolute Gasteiger partial charge is 0.435 e. The van der Waals surface area contributed by atoms with Crippen LogP contribution in [0, 0.1) is 0 Å². The number of quaternary nitrogens is 1. The third kappa shape index (κ3) is 2.67. The van der Waals surface area contributed by atoms with Crippen LogP contribution in [0.5, 0.6) is 0 Å². The third-order valence-electron chi connectivity index (χ3n) is 3.70. The maximum atomic E-state index is 11.7. The molecule has 3 atom stereocenters. The lowest BCUT2D eigenvalue weighted by atomic mass is 10.0. The van der Waals surface area contributed by atoms with Crippen LogP contribution >= 0.6 is 0 Å². The molecule has 106 valence electrons.